The molecule has 2 aromatic carbocycles. The minimum absolute atomic E-state index is 0.0858. The normalized spacial score (nSPS) is 10.1. The highest BCUT2D eigenvalue weighted by Crippen LogP contribution is 2.28. The third-order valence-electron chi connectivity index (χ3n) is 2.89. The number of benzene rings is 2. The molecule has 0 amide bonds. The number of carbonyl (C=O) groups excluding carboxylic acids is 2. The van der Waals surface area contributed by atoms with Gasteiger partial charge in [0.1, 0.15) is 5.75 Å². The first kappa shape index (κ1) is 13.8. The second-order valence-corrected chi connectivity index (χ2v) is 4.16. The summed E-state index contributed by atoms with van der Waals surface area (Å²) in [6.45, 7) is 2.04. The first-order valence-corrected chi connectivity index (χ1v) is 6.22. The van der Waals surface area contributed by atoms with Crippen molar-refractivity contribution >= 4 is 12.3 Å². The maximum absolute atomic E-state index is 11.9. The van der Waals surface area contributed by atoms with E-state index in [1.807, 2.05) is 0 Å². The zero-order valence-electron chi connectivity index (χ0n) is 11.0. The van der Waals surface area contributed by atoms with Gasteiger partial charge in [0.2, 0.25) is 0 Å². The molecule has 0 atom stereocenters. The van der Waals surface area contributed by atoms with Crippen LogP contribution in [-0.4, -0.2) is 24.0 Å². The molecular weight excluding hydrogens is 256 g/mol. The van der Waals surface area contributed by atoms with E-state index in [1.54, 1.807) is 43.3 Å². The van der Waals surface area contributed by atoms with Crippen LogP contribution in [0, 0.1) is 0 Å². The predicted octanol–water partition coefficient (Wildman–Crippen LogP) is 3.05. The Morgan fingerprint density at radius 2 is 2.00 bits per heavy atom. The molecule has 20 heavy (non-hydrogen) atoms. The highest BCUT2D eigenvalue weighted by Gasteiger charge is 2.14. The molecule has 1 N–H and O–H groups in total. The molecule has 0 aliphatic rings. The second kappa shape index (κ2) is 6.02. The van der Waals surface area contributed by atoms with Crippen LogP contribution in [0.5, 0.6) is 5.75 Å². The molecule has 102 valence electrons. The van der Waals surface area contributed by atoms with E-state index in [0.717, 1.165) is 0 Å². The smallest absolute Gasteiger partial charge is 0.338 e. The lowest BCUT2D eigenvalue weighted by atomic mass is 9.98. The summed E-state index contributed by atoms with van der Waals surface area (Å²) < 4.78 is 5.01. The Balaban J connectivity index is 2.52. The van der Waals surface area contributed by atoms with Gasteiger partial charge >= 0.3 is 5.97 Å². The topological polar surface area (TPSA) is 63.6 Å². The molecule has 2 aromatic rings. The van der Waals surface area contributed by atoms with E-state index in [-0.39, 0.29) is 11.3 Å². The van der Waals surface area contributed by atoms with E-state index in [2.05, 4.69) is 0 Å². The third-order valence-corrected chi connectivity index (χ3v) is 2.89. The van der Waals surface area contributed by atoms with Crippen molar-refractivity contribution in [3.05, 3.63) is 53.6 Å². The number of ether oxygens (including phenoxy) is 1. The Labute approximate surface area is 116 Å². The fourth-order valence-corrected chi connectivity index (χ4v) is 1.94. The Kier molecular flexibility index (Phi) is 4.15. The van der Waals surface area contributed by atoms with E-state index in [0.29, 0.717) is 29.6 Å². The molecule has 0 saturated carbocycles. The molecular formula is C16H14O4. The molecule has 0 aliphatic carbocycles. The molecule has 0 aliphatic heterocycles. The second-order valence-electron chi connectivity index (χ2n) is 4.16. The first-order chi connectivity index (χ1) is 9.67. The number of phenolic OH excluding ortho intramolecular Hbond substituents is 1. The maximum atomic E-state index is 11.9. The summed E-state index contributed by atoms with van der Waals surface area (Å²) in [5.41, 5.74) is 1.95. The number of aromatic hydroxyl groups is 1. The van der Waals surface area contributed by atoms with Crippen molar-refractivity contribution in [2.45, 2.75) is 6.92 Å². The van der Waals surface area contributed by atoms with Crippen molar-refractivity contribution in [2.24, 2.45) is 0 Å². The van der Waals surface area contributed by atoms with Gasteiger partial charge in [0.25, 0.3) is 0 Å². The lowest BCUT2D eigenvalue weighted by Crippen LogP contribution is -2.06. The molecule has 0 radical (unpaired) electrons. The average molecular weight is 270 g/mol. The molecule has 2 rings (SSSR count). The average Bonchev–Trinajstić information content (AvgIpc) is 2.48. The molecule has 0 unspecified atom stereocenters. The summed E-state index contributed by atoms with van der Waals surface area (Å²) in [5.74, 6) is -0.499. The van der Waals surface area contributed by atoms with Crippen LogP contribution in [0.3, 0.4) is 0 Å². The van der Waals surface area contributed by atoms with Gasteiger partial charge in [-0.1, -0.05) is 24.3 Å². The van der Waals surface area contributed by atoms with Crippen molar-refractivity contribution in [1.82, 2.24) is 0 Å². The predicted molar refractivity (Wildman–Crippen MR) is 74.9 cm³/mol. The van der Waals surface area contributed by atoms with Crippen LogP contribution in [0.4, 0.5) is 0 Å². The van der Waals surface area contributed by atoms with Gasteiger partial charge in [0, 0.05) is 0 Å². The van der Waals surface area contributed by atoms with E-state index >= 15 is 0 Å². The summed E-state index contributed by atoms with van der Waals surface area (Å²) >= 11 is 0. The highest BCUT2D eigenvalue weighted by atomic mass is 16.5. The van der Waals surface area contributed by atoms with Gasteiger partial charge in [0.15, 0.2) is 6.29 Å². The standard InChI is InChI=1S/C16H14O4/c1-2-20-16(19)14-6-4-3-5-13(14)11-7-8-15(18)12(9-11)10-17/h3-10,18H,2H2,1H3. The summed E-state index contributed by atoms with van der Waals surface area (Å²) in [4.78, 5) is 22.8. The Morgan fingerprint density at radius 3 is 2.70 bits per heavy atom. The van der Waals surface area contributed by atoms with Gasteiger partial charge < -0.3 is 9.84 Å². The Morgan fingerprint density at radius 1 is 1.25 bits per heavy atom. The van der Waals surface area contributed by atoms with Crippen LogP contribution in [0.15, 0.2) is 42.5 Å². The number of hydrogen-bond acceptors (Lipinski definition) is 4. The molecule has 0 saturated heterocycles. The number of hydrogen-bond donors (Lipinski definition) is 1. The van der Waals surface area contributed by atoms with Crippen molar-refractivity contribution < 1.29 is 19.4 Å². The summed E-state index contributed by atoms with van der Waals surface area (Å²) in [5, 5.41) is 9.52. The fourth-order valence-electron chi connectivity index (χ4n) is 1.94. The van der Waals surface area contributed by atoms with Crippen molar-refractivity contribution in [2.75, 3.05) is 6.61 Å². The van der Waals surface area contributed by atoms with E-state index in [9.17, 15) is 14.7 Å². The highest BCUT2D eigenvalue weighted by molar-refractivity contribution is 5.98. The first-order valence-electron chi connectivity index (χ1n) is 6.22. The third kappa shape index (κ3) is 2.69. The van der Waals surface area contributed by atoms with E-state index in [1.165, 1.54) is 6.07 Å². The number of rotatable bonds is 4. The van der Waals surface area contributed by atoms with Crippen molar-refractivity contribution in [3.63, 3.8) is 0 Å². The van der Waals surface area contributed by atoms with Crippen LogP contribution < -0.4 is 0 Å². The van der Waals surface area contributed by atoms with Gasteiger partial charge in [-0.15, -0.1) is 0 Å². The van der Waals surface area contributed by atoms with Gasteiger partial charge in [-0.25, -0.2) is 4.79 Å². The molecule has 0 heterocycles. The summed E-state index contributed by atoms with van der Waals surface area (Å²) in [7, 11) is 0. The Bertz CT molecular complexity index is 647. The van der Waals surface area contributed by atoms with Crippen LogP contribution in [-0.2, 0) is 4.74 Å². The SMILES string of the molecule is CCOC(=O)c1ccccc1-c1ccc(O)c(C=O)c1. The molecule has 0 fully saturated rings. The van der Waals surface area contributed by atoms with E-state index in [4.69, 9.17) is 4.74 Å². The molecule has 4 heteroatoms. The summed E-state index contributed by atoms with van der Waals surface area (Å²) in [6, 6.07) is 11.6. The minimum atomic E-state index is -0.413. The van der Waals surface area contributed by atoms with Crippen molar-refractivity contribution in [3.8, 4) is 16.9 Å². The molecule has 0 bridgehead atoms. The fraction of sp³-hybridized carbons (Fsp3) is 0.125. The van der Waals surface area contributed by atoms with Gasteiger partial charge in [-0.3, -0.25) is 4.79 Å². The van der Waals surface area contributed by atoms with Crippen LogP contribution >= 0.6 is 0 Å². The van der Waals surface area contributed by atoms with Crippen LogP contribution in [0.2, 0.25) is 0 Å². The number of esters is 1. The molecule has 0 spiro atoms. The van der Waals surface area contributed by atoms with Gasteiger partial charge in [-0.05, 0) is 36.2 Å². The summed E-state index contributed by atoms with van der Waals surface area (Å²) in [6.07, 6.45) is 0.575. The number of phenols is 1. The van der Waals surface area contributed by atoms with Crippen LogP contribution in [0.1, 0.15) is 27.6 Å². The maximum Gasteiger partial charge on any atom is 0.338 e. The van der Waals surface area contributed by atoms with Crippen molar-refractivity contribution in [1.29, 1.82) is 0 Å². The largest absolute Gasteiger partial charge is 0.507 e. The molecule has 0 aromatic heterocycles. The Hall–Kier alpha value is -2.62. The monoisotopic (exact) mass is 270 g/mol. The quantitative estimate of drug-likeness (QED) is 0.685. The number of carbonyl (C=O) groups is 2. The lowest BCUT2D eigenvalue weighted by Gasteiger charge is -2.09. The van der Waals surface area contributed by atoms with E-state index < -0.39 is 5.97 Å². The molecule has 4 nitrogen and oxygen atoms in total. The van der Waals surface area contributed by atoms with Crippen LogP contribution in [0.25, 0.3) is 11.1 Å². The van der Waals surface area contributed by atoms with Gasteiger partial charge in [-0.2, -0.15) is 0 Å². The van der Waals surface area contributed by atoms with Gasteiger partial charge in [0.05, 0.1) is 17.7 Å². The minimum Gasteiger partial charge on any atom is -0.507 e. The zero-order chi connectivity index (χ0) is 14.5. The zero-order valence-corrected chi connectivity index (χ0v) is 11.0. The lowest BCUT2D eigenvalue weighted by molar-refractivity contribution is 0.0527. The number of aldehydes is 1.